The third-order valence-corrected chi connectivity index (χ3v) is 3.94. The molecule has 0 fully saturated rings. The number of hydrogen-bond acceptors (Lipinski definition) is 4. The van der Waals surface area contributed by atoms with Crippen LogP contribution in [0.2, 0.25) is 0 Å². The van der Waals surface area contributed by atoms with E-state index < -0.39 is 0 Å². The predicted octanol–water partition coefficient (Wildman–Crippen LogP) is 3.08. The number of hydrogen-bond donors (Lipinski definition) is 1. The number of methoxy groups -OCH3 is 1. The van der Waals surface area contributed by atoms with Crippen LogP contribution in [0.4, 0.5) is 11.4 Å². The highest BCUT2D eigenvalue weighted by molar-refractivity contribution is 6.05. The van der Waals surface area contributed by atoms with Crippen LogP contribution in [-0.4, -0.2) is 32.1 Å². The molecule has 1 aliphatic heterocycles. The molecule has 3 rings (SSSR count). The zero-order valence-electron chi connectivity index (χ0n) is 14.2. The molecule has 1 aliphatic rings. The normalized spacial score (nSPS) is 13.0. The first-order valence-corrected chi connectivity index (χ1v) is 8.15. The van der Waals surface area contributed by atoms with Gasteiger partial charge in [-0.15, -0.1) is 0 Å². The SMILES string of the molecule is CCCN1C(=O)COc2ccc(NC(=O)c3cccc(OC)c3)cc21. The fourth-order valence-electron chi connectivity index (χ4n) is 2.72. The number of carbonyl (C=O) groups is 2. The Morgan fingerprint density at radius 3 is 2.88 bits per heavy atom. The van der Waals surface area contributed by atoms with Gasteiger partial charge >= 0.3 is 0 Å². The fourth-order valence-corrected chi connectivity index (χ4v) is 2.72. The lowest BCUT2D eigenvalue weighted by Crippen LogP contribution is -2.39. The van der Waals surface area contributed by atoms with Crippen molar-refractivity contribution in [3.05, 3.63) is 48.0 Å². The Morgan fingerprint density at radius 1 is 1.28 bits per heavy atom. The van der Waals surface area contributed by atoms with Gasteiger partial charge in [-0.2, -0.15) is 0 Å². The molecule has 6 nitrogen and oxygen atoms in total. The Morgan fingerprint density at radius 2 is 2.12 bits per heavy atom. The topological polar surface area (TPSA) is 67.9 Å². The van der Waals surface area contributed by atoms with Crippen LogP contribution in [0.15, 0.2) is 42.5 Å². The van der Waals surface area contributed by atoms with Crippen LogP contribution in [0.3, 0.4) is 0 Å². The van der Waals surface area contributed by atoms with E-state index in [0.717, 1.165) is 6.42 Å². The first-order valence-electron chi connectivity index (χ1n) is 8.15. The third-order valence-electron chi connectivity index (χ3n) is 3.94. The minimum absolute atomic E-state index is 0.0442. The van der Waals surface area contributed by atoms with Crippen molar-refractivity contribution >= 4 is 23.2 Å². The van der Waals surface area contributed by atoms with Gasteiger partial charge in [0.05, 0.1) is 12.8 Å². The first-order chi connectivity index (χ1) is 12.1. The van der Waals surface area contributed by atoms with Crippen molar-refractivity contribution < 1.29 is 19.1 Å². The molecule has 25 heavy (non-hydrogen) atoms. The van der Waals surface area contributed by atoms with Gasteiger partial charge in [0.15, 0.2) is 6.61 Å². The van der Waals surface area contributed by atoms with Crippen LogP contribution in [-0.2, 0) is 4.79 Å². The van der Waals surface area contributed by atoms with Crippen LogP contribution in [0.25, 0.3) is 0 Å². The average Bonchev–Trinajstić information content (AvgIpc) is 2.64. The molecule has 2 amide bonds. The maximum Gasteiger partial charge on any atom is 0.265 e. The molecule has 0 saturated heterocycles. The molecule has 1 heterocycles. The van der Waals surface area contributed by atoms with Gasteiger partial charge in [0.25, 0.3) is 11.8 Å². The predicted molar refractivity (Wildman–Crippen MR) is 95.5 cm³/mol. The van der Waals surface area contributed by atoms with E-state index in [1.165, 1.54) is 0 Å². The third kappa shape index (κ3) is 3.57. The largest absolute Gasteiger partial charge is 0.497 e. The molecule has 0 unspecified atom stereocenters. The summed E-state index contributed by atoms with van der Waals surface area (Å²) in [4.78, 5) is 26.2. The first kappa shape index (κ1) is 16.8. The van der Waals surface area contributed by atoms with E-state index in [1.54, 1.807) is 54.5 Å². The maximum atomic E-state index is 12.4. The zero-order chi connectivity index (χ0) is 17.8. The Balaban J connectivity index is 1.84. The van der Waals surface area contributed by atoms with Crippen molar-refractivity contribution in [1.29, 1.82) is 0 Å². The molecule has 0 spiro atoms. The van der Waals surface area contributed by atoms with Crippen LogP contribution in [0, 0.1) is 0 Å². The van der Waals surface area contributed by atoms with Gasteiger partial charge in [0.2, 0.25) is 0 Å². The van der Waals surface area contributed by atoms with Gasteiger partial charge in [-0.05, 0) is 42.8 Å². The van der Waals surface area contributed by atoms with Gasteiger partial charge in [-0.1, -0.05) is 13.0 Å². The number of rotatable bonds is 5. The second kappa shape index (κ2) is 7.25. The van der Waals surface area contributed by atoms with Crippen molar-refractivity contribution in [2.45, 2.75) is 13.3 Å². The summed E-state index contributed by atoms with van der Waals surface area (Å²) in [6.45, 7) is 2.67. The van der Waals surface area contributed by atoms with Crippen LogP contribution in [0.1, 0.15) is 23.7 Å². The number of nitrogens with zero attached hydrogens (tertiary/aromatic N) is 1. The molecule has 130 valence electrons. The number of carbonyl (C=O) groups excluding carboxylic acids is 2. The smallest absolute Gasteiger partial charge is 0.265 e. The Kier molecular flexibility index (Phi) is 4.88. The van der Waals surface area contributed by atoms with E-state index in [4.69, 9.17) is 9.47 Å². The van der Waals surface area contributed by atoms with Gasteiger partial charge in [-0.3, -0.25) is 9.59 Å². The van der Waals surface area contributed by atoms with E-state index in [2.05, 4.69) is 5.32 Å². The van der Waals surface area contributed by atoms with Crippen LogP contribution in [0.5, 0.6) is 11.5 Å². The van der Waals surface area contributed by atoms with Gasteiger partial charge in [-0.25, -0.2) is 0 Å². The minimum Gasteiger partial charge on any atom is -0.497 e. The fraction of sp³-hybridized carbons (Fsp3) is 0.263. The Labute approximate surface area is 146 Å². The molecule has 6 heteroatoms. The summed E-state index contributed by atoms with van der Waals surface area (Å²) >= 11 is 0. The number of ether oxygens (including phenoxy) is 2. The van der Waals surface area contributed by atoms with Gasteiger partial charge in [0.1, 0.15) is 11.5 Å². The number of fused-ring (bicyclic) bond motifs is 1. The summed E-state index contributed by atoms with van der Waals surface area (Å²) < 4.78 is 10.6. The number of anilines is 2. The van der Waals surface area contributed by atoms with Crippen LogP contribution < -0.4 is 19.7 Å². The van der Waals surface area contributed by atoms with Crippen molar-refractivity contribution in [2.75, 3.05) is 30.5 Å². The highest BCUT2D eigenvalue weighted by Gasteiger charge is 2.25. The molecular formula is C19H20N2O4. The quantitative estimate of drug-likeness (QED) is 0.908. The maximum absolute atomic E-state index is 12.4. The molecule has 0 radical (unpaired) electrons. The molecule has 0 aliphatic carbocycles. The highest BCUT2D eigenvalue weighted by Crippen LogP contribution is 2.34. The second-order valence-corrected chi connectivity index (χ2v) is 5.70. The average molecular weight is 340 g/mol. The van der Waals surface area contributed by atoms with E-state index in [-0.39, 0.29) is 18.4 Å². The van der Waals surface area contributed by atoms with Crippen molar-refractivity contribution in [2.24, 2.45) is 0 Å². The Bertz CT molecular complexity index is 804. The summed E-state index contributed by atoms with van der Waals surface area (Å²) in [5.74, 6) is 0.938. The number of amides is 2. The minimum atomic E-state index is -0.246. The van der Waals surface area contributed by atoms with Gasteiger partial charge < -0.3 is 19.7 Å². The lowest BCUT2D eigenvalue weighted by atomic mass is 10.1. The summed E-state index contributed by atoms with van der Waals surface area (Å²) in [7, 11) is 1.56. The molecule has 2 aromatic rings. The van der Waals surface area contributed by atoms with Crippen molar-refractivity contribution in [3.8, 4) is 11.5 Å². The second-order valence-electron chi connectivity index (χ2n) is 5.70. The highest BCUT2D eigenvalue weighted by atomic mass is 16.5. The lowest BCUT2D eigenvalue weighted by molar-refractivity contribution is -0.121. The number of benzene rings is 2. The van der Waals surface area contributed by atoms with Crippen molar-refractivity contribution in [3.63, 3.8) is 0 Å². The molecule has 0 bridgehead atoms. The molecule has 0 atom stereocenters. The molecule has 2 aromatic carbocycles. The zero-order valence-corrected chi connectivity index (χ0v) is 14.2. The molecule has 0 aromatic heterocycles. The summed E-state index contributed by atoms with van der Waals surface area (Å²) in [5.41, 5.74) is 1.78. The summed E-state index contributed by atoms with van der Waals surface area (Å²) in [6.07, 6.45) is 0.839. The monoisotopic (exact) mass is 340 g/mol. The summed E-state index contributed by atoms with van der Waals surface area (Å²) in [6, 6.07) is 12.2. The van der Waals surface area contributed by atoms with E-state index >= 15 is 0 Å². The van der Waals surface area contributed by atoms with E-state index in [1.807, 2.05) is 6.92 Å². The molecular weight excluding hydrogens is 320 g/mol. The number of nitrogens with one attached hydrogen (secondary N) is 1. The van der Waals surface area contributed by atoms with E-state index in [9.17, 15) is 9.59 Å². The standard InChI is InChI=1S/C19H20N2O4/c1-3-9-21-16-11-14(7-8-17(16)25-12-18(21)22)20-19(23)13-5-4-6-15(10-13)24-2/h4-8,10-11H,3,9,12H2,1-2H3,(H,20,23). The van der Waals surface area contributed by atoms with Crippen LogP contribution >= 0.6 is 0 Å². The molecule has 0 saturated carbocycles. The van der Waals surface area contributed by atoms with Gasteiger partial charge in [0, 0.05) is 17.8 Å². The lowest BCUT2D eigenvalue weighted by Gasteiger charge is -2.29. The van der Waals surface area contributed by atoms with Crippen molar-refractivity contribution in [1.82, 2.24) is 0 Å². The molecule has 1 N–H and O–H groups in total. The Hall–Kier alpha value is -3.02. The summed E-state index contributed by atoms with van der Waals surface area (Å²) in [5, 5.41) is 2.85. The van der Waals surface area contributed by atoms with E-state index in [0.29, 0.717) is 35.0 Å².